The predicted octanol–water partition coefficient (Wildman–Crippen LogP) is 0.847. The molecule has 2 heterocycles. The molecule has 0 saturated carbocycles. The van der Waals surface area contributed by atoms with Crippen LogP contribution in [0.3, 0.4) is 0 Å². The molecular weight excluding hydrogens is 178 g/mol. The van der Waals surface area contributed by atoms with Crippen molar-refractivity contribution in [3.63, 3.8) is 0 Å². The van der Waals surface area contributed by atoms with Gasteiger partial charge in [-0.1, -0.05) is 0 Å². The van der Waals surface area contributed by atoms with E-state index in [9.17, 15) is 4.79 Å². The Labute approximate surface area is 83.3 Å². The molecule has 0 amide bonds. The van der Waals surface area contributed by atoms with Crippen LogP contribution in [0.5, 0.6) is 0 Å². The highest BCUT2D eigenvalue weighted by atomic mass is 16.1. The van der Waals surface area contributed by atoms with Gasteiger partial charge in [-0.3, -0.25) is 9.48 Å². The maximum absolute atomic E-state index is 10.8. The van der Waals surface area contributed by atoms with Gasteiger partial charge >= 0.3 is 0 Å². The summed E-state index contributed by atoms with van der Waals surface area (Å²) in [6.45, 7) is 5.84. The monoisotopic (exact) mass is 193 g/mol. The molecule has 1 saturated heterocycles. The topological polar surface area (TPSA) is 46.9 Å². The van der Waals surface area contributed by atoms with Crippen LogP contribution in [-0.4, -0.2) is 29.2 Å². The average Bonchev–Trinajstić information content (AvgIpc) is 2.74. The predicted molar refractivity (Wildman–Crippen MR) is 53.6 cm³/mol. The standard InChI is InChI=1S/C10H15N3O/c1-7-10(6-14)8(2)13(12-7)9-3-4-11-5-9/h6,9,11H,3-5H2,1-2H3. The number of nitrogens with zero attached hydrogens (tertiary/aromatic N) is 2. The molecule has 1 unspecified atom stereocenters. The van der Waals surface area contributed by atoms with Crippen LogP contribution < -0.4 is 5.32 Å². The second kappa shape index (κ2) is 3.53. The first-order valence-electron chi connectivity index (χ1n) is 4.95. The molecule has 2 rings (SSSR count). The molecule has 1 aliphatic rings. The van der Waals surface area contributed by atoms with E-state index < -0.39 is 0 Å². The summed E-state index contributed by atoms with van der Waals surface area (Å²) in [7, 11) is 0. The Balaban J connectivity index is 2.38. The Bertz CT molecular complexity index is 350. The van der Waals surface area contributed by atoms with Crippen LogP contribution >= 0.6 is 0 Å². The molecule has 1 aliphatic heterocycles. The molecule has 14 heavy (non-hydrogen) atoms. The number of rotatable bonds is 2. The summed E-state index contributed by atoms with van der Waals surface area (Å²) in [4.78, 5) is 10.8. The summed E-state index contributed by atoms with van der Waals surface area (Å²) in [5.74, 6) is 0. The zero-order valence-corrected chi connectivity index (χ0v) is 8.58. The van der Waals surface area contributed by atoms with Crippen molar-refractivity contribution in [3.05, 3.63) is 17.0 Å². The molecule has 1 fully saturated rings. The fourth-order valence-electron chi connectivity index (χ4n) is 2.05. The number of hydrogen-bond acceptors (Lipinski definition) is 3. The number of aromatic nitrogens is 2. The van der Waals surface area contributed by atoms with E-state index in [2.05, 4.69) is 10.4 Å². The highest BCUT2D eigenvalue weighted by molar-refractivity contribution is 5.78. The molecule has 76 valence electrons. The van der Waals surface area contributed by atoms with Gasteiger partial charge in [0.1, 0.15) is 0 Å². The minimum Gasteiger partial charge on any atom is -0.315 e. The van der Waals surface area contributed by atoms with Gasteiger partial charge in [-0.15, -0.1) is 0 Å². The van der Waals surface area contributed by atoms with Crippen LogP contribution in [0.1, 0.15) is 34.2 Å². The highest BCUT2D eigenvalue weighted by Crippen LogP contribution is 2.20. The van der Waals surface area contributed by atoms with Crippen molar-refractivity contribution in [3.8, 4) is 0 Å². The van der Waals surface area contributed by atoms with Crippen LogP contribution in [0.4, 0.5) is 0 Å². The first kappa shape index (κ1) is 9.40. The quantitative estimate of drug-likeness (QED) is 0.708. The Hall–Kier alpha value is -1.16. The molecule has 0 bridgehead atoms. The third-order valence-electron chi connectivity index (χ3n) is 2.88. The van der Waals surface area contributed by atoms with E-state index in [0.29, 0.717) is 6.04 Å². The second-order valence-electron chi connectivity index (χ2n) is 3.79. The smallest absolute Gasteiger partial charge is 0.153 e. The molecule has 0 aliphatic carbocycles. The third kappa shape index (κ3) is 1.35. The van der Waals surface area contributed by atoms with Gasteiger partial charge in [0.15, 0.2) is 6.29 Å². The van der Waals surface area contributed by atoms with Gasteiger partial charge in [-0.2, -0.15) is 5.10 Å². The van der Waals surface area contributed by atoms with Gasteiger partial charge < -0.3 is 5.32 Å². The lowest BCUT2D eigenvalue weighted by atomic mass is 10.2. The molecule has 0 spiro atoms. The summed E-state index contributed by atoms with van der Waals surface area (Å²) in [5.41, 5.74) is 2.58. The molecule has 4 nitrogen and oxygen atoms in total. The average molecular weight is 193 g/mol. The molecule has 0 aromatic carbocycles. The molecular formula is C10H15N3O. The highest BCUT2D eigenvalue weighted by Gasteiger charge is 2.21. The summed E-state index contributed by atoms with van der Waals surface area (Å²) in [6.07, 6.45) is 2.00. The fraction of sp³-hybridized carbons (Fsp3) is 0.600. The minimum atomic E-state index is 0.419. The van der Waals surface area contributed by atoms with Gasteiger partial charge in [-0.25, -0.2) is 0 Å². The SMILES string of the molecule is Cc1nn(C2CCNC2)c(C)c1C=O. The van der Waals surface area contributed by atoms with Gasteiger partial charge in [-0.05, 0) is 26.8 Å². The molecule has 1 aromatic rings. The lowest BCUT2D eigenvalue weighted by Crippen LogP contribution is -2.15. The minimum absolute atomic E-state index is 0.419. The van der Waals surface area contributed by atoms with Gasteiger partial charge in [0, 0.05) is 12.2 Å². The summed E-state index contributed by atoms with van der Waals surface area (Å²) >= 11 is 0. The number of hydrogen-bond donors (Lipinski definition) is 1. The van der Waals surface area contributed by atoms with Gasteiger partial charge in [0.05, 0.1) is 17.3 Å². The van der Waals surface area contributed by atoms with Crippen LogP contribution in [0.25, 0.3) is 0 Å². The molecule has 1 N–H and O–H groups in total. The molecule has 1 atom stereocenters. The van der Waals surface area contributed by atoms with Crippen molar-refractivity contribution in [2.75, 3.05) is 13.1 Å². The summed E-state index contributed by atoms with van der Waals surface area (Å²) in [6, 6.07) is 0.419. The molecule has 0 radical (unpaired) electrons. The van der Waals surface area contributed by atoms with E-state index in [1.165, 1.54) is 0 Å². The van der Waals surface area contributed by atoms with E-state index in [0.717, 1.165) is 42.7 Å². The lowest BCUT2D eigenvalue weighted by molar-refractivity contribution is 0.112. The van der Waals surface area contributed by atoms with Crippen LogP contribution in [0, 0.1) is 13.8 Å². The Morgan fingerprint density at radius 2 is 2.36 bits per heavy atom. The van der Waals surface area contributed by atoms with Crippen molar-refractivity contribution in [2.45, 2.75) is 26.3 Å². The number of nitrogens with one attached hydrogen (secondary N) is 1. The van der Waals surface area contributed by atoms with E-state index in [4.69, 9.17) is 0 Å². The van der Waals surface area contributed by atoms with Crippen molar-refractivity contribution in [2.24, 2.45) is 0 Å². The Morgan fingerprint density at radius 3 is 2.86 bits per heavy atom. The van der Waals surface area contributed by atoms with Crippen molar-refractivity contribution in [1.29, 1.82) is 0 Å². The Morgan fingerprint density at radius 1 is 1.57 bits per heavy atom. The number of carbonyl (C=O) groups excluding carboxylic acids is 1. The van der Waals surface area contributed by atoms with Crippen molar-refractivity contribution < 1.29 is 4.79 Å². The maximum atomic E-state index is 10.8. The van der Waals surface area contributed by atoms with Crippen LogP contribution in [-0.2, 0) is 0 Å². The second-order valence-corrected chi connectivity index (χ2v) is 3.79. The first-order valence-corrected chi connectivity index (χ1v) is 4.95. The Kier molecular flexibility index (Phi) is 2.37. The van der Waals surface area contributed by atoms with Gasteiger partial charge in [0.25, 0.3) is 0 Å². The third-order valence-corrected chi connectivity index (χ3v) is 2.88. The summed E-state index contributed by atoms with van der Waals surface area (Å²) in [5, 5.41) is 7.70. The van der Waals surface area contributed by atoms with E-state index in [1.54, 1.807) is 0 Å². The van der Waals surface area contributed by atoms with E-state index >= 15 is 0 Å². The van der Waals surface area contributed by atoms with Crippen LogP contribution in [0.15, 0.2) is 0 Å². The zero-order valence-electron chi connectivity index (χ0n) is 8.58. The fourth-order valence-corrected chi connectivity index (χ4v) is 2.05. The van der Waals surface area contributed by atoms with Crippen molar-refractivity contribution in [1.82, 2.24) is 15.1 Å². The molecule has 1 aromatic heterocycles. The van der Waals surface area contributed by atoms with Crippen molar-refractivity contribution >= 4 is 6.29 Å². The maximum Gasteiger partial charge on any atom is 0.153 e. The van der Waals surface area contributed by atoms with E-state index in [-0.39, 0.29) is 0 Å². The normalized spacial score (nSPS) is 21.4. The summed E-state index contributed by atoms with van der Waals surface area (Å²) < 4.78 is 1.99. The molecule has 4 heteroatoms. The van der Waals surface area contributed by atoms with Gasteiger partial charge in [0.2, 0.25) is 0 Å². The number of aldehydes is 1. The van der Waals surface area contributed by atoms with E-state index in [1.807, 2.05) is 18.5 Å². The zero-order chi connectivity index (χ0) is 10.1. The lowest BCUT2D eigenvalue weighted by Gasteiger charge is -2.11. The largest absolute Gasteiger partial charge is 0.315 e. The van der Waals surface area contributed by atoms with Crippen LogP contribution in [0.2, 0.25) is 0 Å². The number of carbonyl (C=O) groups is 1. The number of aryl methyl sites for hydroxylation is 1. The first-order chi connectivity index (χ1) is 6.74.